The minimum atomic E-state index is 0.556. The highest BCUT2D eigenvalue weighted by Gasteiger charge is 2.13. The molecule has 0 aromatic carbocycles. The van der Waals surface area contributed by atoms with Crippen LogP contribution < -0.4 is 5.32 Å². The van der Waals surface area contributed by atoms with Gasteiger partial charge in [0.1, 0.15) is 0 Å². The lowest BCUT2D eigenvalue weighted by atomic mass is 10.1. The topological polar surface area (TPSA) is 15.3 Å². The predicted octanol–water partition coefficient (Wildman–Crippen LogP) is 3.71. The van der Waals surface area contributed by atoms with Crippen molar-refractivity contribution >= 4 is 11.3 Å². The quantitative estimate of drug-likeness (QED) is 0.826. The highest BCUT2D eigenvalue weighted by atomic mass is 32.1. The molecule has 1 aliphatic heterocycles. The highest BCUT2D eigenvalue weighted by Crippen LogP contribution is 2.24. The van der Waals surface area contributed by atoms with Crippen molar-refractivity contribution in [2.45, 2.75) is 53.2 Å². The molecule has 0 saturated carbocycles. The van der Waals surface area contributed by atoms with Gasteiger partial charge < -0.3 is 5.32 Å². The van der Waals surface area contributed by atoms with E-state index in [0.717, 1.165) is 19.6 Å². The lowest BCUT2D eigenvalue weighted by Crippen LogP contribution is -2.28. The fourth-order valence-corrected chi connectivity index (χ4v) is 3.51. The zero-order valence-electron chi connectivity index (χ0n) is 12.6. The molecule has 1 aromatic rings. The molecular weight excluding hydrogens is 252 g/mol. The Morgan fingerprint density at radius 2 is 2.16 bits per heavy atom. The van der Waals surface area contributed by atoms with E-state index in [2.05, 4.69) is 50.1 Å². The van der Waals surface area contributed by atoms with Gasteiger partial charge in [-0.15, -0.1) is 11.3 Å². The maximum atomic E-state index is 3.50. The van der Waals surface area contributed by atoms with E-state index in [1.54, 1.807) is 0 Å². The summed E-state index contributed by atoms with van der Waals surface area (Å²) in [6.45, 7) is 13.3. The Balaban J connectivity index is 1.95. The first kappa shape index (κ1) is 14.8. The van der Waals surface area contributed by atoms with Gasteiger partial charge in [-0.3, -0.25) is 4.90 Å². The van der Waals surface area contributed by atoms with Crippen LogP contribution in [0.2, 0.25) is 0 Å². The summed E-state index contributed by atoms with van der Waals surface area (Å²) in [4.78, 5) is 5.50. The van der Waals surface area contributed by atoms with Crippen LogP contribution in [0.5, 0.6) is 0 Å². The van der Waals surface area contributed by atoms with Crippen LogP contribution in [0.4, 0.5) is 0 Å². The number of nitrogens with zero attached hydrogens (tertiary/aromatic N) is 1. The molecule has 0 bridgehead atoms. The maximum Gasteiger partial charge on any atom is 0.0302 e. The summed E-state index contributed by atoms with van der Waals surface area (Å²) in [6.07, 6.45) is 3.58. The molecule has 2 nitrogen and oxygen atoms in total. The predicted molar refractivity (Wildman–Crippen MR) is 84.7 cm³/mol. The number of thiophene rings is 1. The van der Waals surface area contributed by atoms with Crippen molar-refractivity contribution < 1.29 is 0 Å². The van der Waals surface area contributed by atoms with Gasteiger partial charge in [0.05, 0.1) is 0 Å². The van der Waals surface area contributed by atoms with E-state index in [-0.39, 0.29) is 0 Å². The second-order valence-electron chi connectivity index (χ2n) is 5.88. The van der Waals surface area contributed by atoms with E-state index in [1.165, 1.54) is 33.9 Å². The molecule has 2 rings (SSSR count). The summed E-state index contributed by atoms with van der Waals surface area (Å²) in [5, 5.41) is 3.50. The summed E-state index contributed by atoms with van der Waals surface area (Å²) in [6, 6.07) is 2.95. The fraction of sp³-hybridized carbons (Fsp3) is 0.625. The van der Waals surface area contributed by atoms with Gasteiger partial charge in [0.25, 0.3) is 0 Å². The van der Waals surface area contributed by atoms with E-state index in [4.69, 9.17) is 0 Å². The van der Waals surface area contributed by atoms with Gasteiger partial charge in [-0.05, 0) is 31.9 Å². The zero-order chi connectivity index (χ0) is 13.8. The van der Waals surface area contributed by atoms with Gasteiger partial charge in [0.2, 0.25) is 0 Å². The summed E-state index contributed by atoms with van der Waals surface area (Å²) < 4.78 is 0. The number of aryl methyl sites for hydroxylation is 1. The first-order valence-corrected chi connectivity index (χ1v) is 8.06. The molecule has 0 radical (unpaired) electrons. The van der Waals surface area contributed by atoms with Gasteiger partial charge in [-0.2, -0.15) is 0 Å². The molecule has 19 heavy (non-hydrogen) atoms. The Morgan fingerprint density at radius 3 is 2.84 bits per heavy atom. The minimum Gasteiger partial charge on any atom is -0.310 e. The van der Waals surface area contributed by atoms with Crippen molar-refractivity contribution in [3.63, 3.8) is 0 Å². The van der Waals surface area contributed by atoms with Gasteiger partial charge in [-0.1, -0.05) is 25.5 Å². The van der Waals surface area contributed by atoms with E-state index >= 15 is 0 Å². The first-order chi connectivity index (χ1) is 9.04. The summed E-state index contributed by atoms with van der Waals surface area (Å²) in [7, 11) is 0. The third kappa shape index (κ3) is 4.44. The van der Waals surface area contributed by atoms with Crippen LogP contribution in [0.3, 0.4) is 0 Å². The lowest BCUT2D eigenvalue weighted by molar-refractivity contribution is 0.282. The van der Waals surface area contributed by atoms with E-state index in [1.807, 2.05) is 11.3 Å². The summed E-state index contributed by atoms with van der Waals surface area (Å²) >= 11 is 1.94. The van der Waals surface area contributed by atoms with E-state index < -0.39 is 0 Å². The third-order valence-corrected chi connectivity index (χ3v) is 4.65. The van der Waals surface area contributed by atoms with E-state index in [0.29, 0.717) is 6.04 Å². The molecule has 1 N–H and O–H groups in total. The average Bonchev–Trinajstić information content (AvgIpc) is 2.68. The highest BCUT2D eigenvalue weighted by molar-refractivity contribution is 7.12. The van der Waals surface area contributed by atoms with Gasteiger partial charge >= 0.3 is 0 Å². The maximum absolute atomic E-state index is 3.50. The minimum absolute atomic E-state index is 0.556. The molecule has 3 heteroatoms. The normalized spacial score (nSPS) is 17.0. The molecule has 0 saturated heterocycles. The van der Waals surface area contributed by atoms with Gasteiger partial charge in [-0.25, -0.2) is 0 Å². The Labute approximate surface area is 121 Å². The van der Waals surface area contributed by atoms with Crippen molar-refractivity contribution in [2.75, 3.05) is 13.1 Å². The molecule has 1 aromatic heterocycles. The van der Waals surface area contributed by atoms with Crippen molar-refractivity contribution in [3.05, 3.63) is 33.0 Å². The summed E-state index contributed by atoms with van der Waals surface area (Å²) in [5.74, 6) is 0. The Hall–Kier alpha value is -0.640. The standard InChI is InChI=1S/C16H26N2S/c1-12(2)17-9-16-8-15(14(4)19-16)11-18-7-5-6-13(3)10-18/h6,8,12,17H,5,7,9-11H2,1-4H3. The molecule has 0 spiro atoms. The molecule has 106 valence electrons. The van der Waals surface area contributed by atoms with Crippen LogP contribution in [0.25, 0.3) is 0 Å². The van der Waals surface area contributed by atoms with Crippen molar-refractivity contribution in [3.8, 4) is 0 Å². The number of rotatable bonds is 5. The monoisotopic (exact) mass is 278 g/mol. The molecule has 0 fully saturated rings. The van der Waals surface area contributed by atoms with Crippen LogP contribution in [-0.4, -0.2) is 24.0 Å². The van der Waals surface area contributed by atoms with Crippen molar-refractivity contribution in [1.29, 1.82) is 0 Å². The third-order valence-electron chi connectivity index (χ3n) is 3.56. The Morgan fingerprint density at radius 1 is 1.37 bits per heavy atom. The lowest BCUT2D eigenvalue weighted by Gasteiger charge is -2.25. The molecule has 0 amide bonds. The molecule has 2 heterocycles. The van der Waals surface area contributed by atoms with Crippen molar-refractivity contribution in [1.82, 2.24) is 10.2 Å². The first-order valence-electron chi connectivity index (χ1n) is 7.24. The van der Waals surface area contributed by atoms with Crippen LogP contribution in [0.1, 0.15) is 42.5 Å². The number of nitrogens with one attached hydrogen (secondary N) is 1. The SMILES string of the molecule is CC1=CCCN(Cc2cc(CNC(C)C)sc2C)C1. The van der Waals surface area contributed by atoms with Crippen LogP contribution in [0.15, 0.2) is 17.7 Å². The zero-order valence-corrected chi connectivity index (χ0v) is 13.4. The molecule has 0 unspecified atom stereocenters. The Kier molecular flexibility index (Phi) is 5.20. The average molecular weight is 278 g/mol. The largest absolute Gasteiger partial charge is 0.310 e. The molecule has 1 aliphatic rings. The van der Waals surface area contributed by atoms with Gasteiger partial charge in [0.15, 0.2) is 0 Å². The Bertz CT molecular complexity index is 446. The van der Waals surface area contributed by atoms with Gasteiger partial charge in [0, 0.05) is 42.0 Å². The fourth-order valence-electron chi connectivity index (χ4n) is 2.50. The molecule has 0 aliphatic carbocycles. The number of hydrogen-bond acceptors (Lipinski definition) is 3. The van der Waals surface area contributed by atoms with Crippen LogP contribution in [0, 0.1) is 6.92 Å². The summed E-state index contributed by atoms with van der Waals surface area (Å²) in [5.41, 5.74) is 3.03. The second-order valence-corrected chi connectivity index (χ2v) is 7.22. The van der Waals surface area contributed by atoms with Crippen LogP contribution >= 0.6 is 11.3 Å². The van der Waals surface area contributed by atoms with E-state index in [9.17, 15) is 0 Å². The smallest absolute Gasteiger partial charge is 0.0302 e. The number of hydrogen-bond donors (Lipinski definition) is 1. The van der Waals surface area contributed by atoms with Crippen molar-refractivity contribution in [2.24, 2.45) is 0 Å². The molecule has 0 atom stereocenters. The molecular formula is C16H26N2S. The van der Waals surface area contributed by atoms with Crippen LogP contribution in [-0.2, 0) is 13.1 Å². The second kappa shape index (κ2) is 6.69.